The molecule has 2 heterocycles. The van der Waals surface area contributed by atoms with Crippen molar-refractivity contribution in [3.8, 4) is 0 Å². The van der Waals surface area contributed by atoms with Crippen molar-refractivity contribution in [2.24, 2.45) is 5.10 Å². The third-order valence-corrected chi connectivity index (χ3v) is 6.45. The smallest absolute Gasteiger partial charge is 0.183 e. The maximum atomic E-state index is 11.7. The number of anilines is 1. The highest BCUT2D eigenvalue weighted by molar-refractivity contribution is 6.13. The number of benzene rings is 3. The first-order valence-corrected chi connectivity index (χ1v) is 11.8. The summed E-state index contributed by atoms with van der Waals surface area (Å²) in [5.74, 6) is -0.0529. The van der Waals surface area contributed by atoms with Crippen molar-refractivity contribution >= 4 is 17.7 Å². The van der Waals surface area contributed by atoms with E-state index < -0.39 is 6.04 Å². The van der Waals surface area contributed by atoms with Gasteiger partial charge in [0.2, 0.25) is 0 Å². The third-order valence-electron chi connectivity index (χ3n) is 6.45. The van der Waals surface area contributed by atoms with Crippen LogP contribution in [0.4, 0.5) is 5.69 Å². The Morgan fingerprint density at radius 2 is 1.65 bits per heavy atom. The van der Waals surface area contributed by atoms with Crippen molar-refractivity contribution in [1.29, 1.82) is 0 Å². The van der Waals surface area contributed by atoms with E-state index >= 15 is 0 Å². The second kappa shape index (κ2) is 9.79. The Morgan fingerprint density at radius 1 is 0.912 bits per heavy atom. The minimum Gasteiger partial charge on any atom is -0.377 e. The Bertz CT molecular complexity index is 1170. The summed E-state index contributed by atoms with van der Waals surface area (Å²) in [7, 11) is 0. The maximum Gasteiger partial charge on any atom is 0.183 e. The molecule has 0 spiro atoms. The summed E-state index contributed by atoms with van der Waals surface area (Å²) in [6.45, 7) is 5.09. The van der Waals surface area contributed by atoms with E-state index in [1.54, 1.807) is 0 Å². The maximum absolute atomic E-state index is 11.7. The van der Waals surface area contributed by atoms with Gasteiger partial charge in [-0.15, -0.1) is 0 Å². The van der Waals surface area contributed by atoms with Crippen LogP contribution in [0.3, 0.4) is 0 Å². The van der Waals surface area contributed by atoms with Gasteiger partial charge in [-0.3, -0.25) is 5.43 Å². The third kappa shape index (κ3) is 4.00. The molecule has 3 atom stereocenters. The standard InChI is InChI=1S/C28H29N3O3/c1-3-33-28(34-4-2)20-15-13-18(14-16-20)24-26(19-9-6-5-7-10-19)29-22-12-8-11-21-23(17-32)30-31-27(24)25(21)22/h5-17,23-24,26,28-30H,3-4H2,1-2H3. The summed E-state index contributed by atoms with van der Waals surface area (Å²) >= 11 is 0. The first-order chi connectivity index (χ1) is 16.7. The summed E-state index contributed by atoms with van der Waals surface area (Å²) in [6.07, 6.45) is 0.526. The van der Waals surface area contributed by atoms with Crippen molar-refractivity contribution in [3.05, 3.63) is 101 Å². The van der Waals surface area contributed by atoms with Gasteiger partial charge in [-0.1, -0.05) is 66.7 Å². The van der Waals surface area contributed by atoms with Crippen LogP contribution in [-0.2, 0) is 14.3 Å². The van der Waals surface area contributed by atoms with Gasteiger partial charge in [0.05, 0.1) is 17.7 Å². The van der Waals surface area contributed by atoms with Crippen LogP contribution in [0.25, 0.3) is 0 Å². The topological polar surface area (TPSA) is 72.0 Å². The summed E-state index contributed by atoms with van der Waals surface area (Å²) in [5.41, 5.74) is 10.3. The SMILES string of the molecule is CCOC(OCC)c1ccc(C2C3=NNC(C=O)c4cccc(c43)NC2c2ccccc2)cc1. The van der Waals surface area contributed by atoms with Gasteiger partial charge in [-0.2, -0.15) is 5.10 Å². The Balaban J connectivity index is 1.60. The molecule has 2 aliphatic rings. The van der Waals surface area contributed by atoms with Gasteiger partial charge in [0.1, 0.15) is 12.3 Å². The van der Waals surface area contributed by atoms with Gasteiger partial charge >= 0.3 is 0 Å². The molecule has 5 rings (SSSR count). The molecule has 0 radical (unpaired) electrons. The lowest BCUT2D eigenvalue weighted by Gasteiger charge is -2.39. The molecular weight excluding hydrogens is 426 g/mol. The van der Waals surface area contributed by atoms with Gasteiger partial charge < -0.3 is 19.6 Å². The normalized spacial score (nSPS) is 20.7. The van der Waals surface area contributed by atoms with Crippen molar-refractivity contribution < 1.29 is 14.3 Å². The number of ether oxygens (including phenoxy) is 2. The predicted molar refractivity (Wildman–Crippen MR) is 133 cm³/mol. The fraction of sp³-hybridized carbons (Fsp3) is 0.286. The van der Waals surface area contributed by atoms with E-state index in [0.717, 1.165) is 39.9 Å². The minimum atomic E-state index is -0.449. The summed E-state index contributed by atoms with van der Waals surface area (Å²) in [4.78, 5) is 11.7. The van der Waals surface area contributed by atoms with E-state index in [4.69, 9.17) is 14.6 Å². The first kappa shape index (κ1) is 22.3. The number of carbonyl (C=O) groups is 1. The fourth-order valence-electron chi connectivity index (χ4n) is 4.93. The average Bonchev–Trinajstić information content (AvgIpc) is 2.89. The minimum absolute atomic E-state index is 0.0160. The van der Waals surface area contributed by atoms with E-state index in [2.05, 4.69) is 65.3 Å². The van der Waals surface area contributed by atoms with Crippen molar-refractivity contribution in [1.82, 2.24) is 5.43 Å². The Kier molecular flexibility index (Phi) is 6.43. The molecular formula is C28H29N3O3. The Labute approximate surface area is 200 Å². The molecule has 34 heavy (non-hydrogen) atoms. The van der Waals surface area contributed by atoms with Gasteiger partial charge in [0.25, 0.3) is 0 Å². The molecule has 0 aromatic heterocycles. The molecule has 174 valence electrons. The molecule has 3 unspecified atom stereocenters. The molecule has 6 heteroatoms. The van der Waals surface area contributed by atoms with Crippen LogP contribution >= 0.6 is 0 Å². The van der Waals surface area contributed by atoms with E-state index in [-0.39, 0.29) is 18.2 Å². The zero-order chi connectivity index (χ0) is 23.5. The molecule has 2 aliphatic heterocycles. The monoisotopic (exact) mass is 455 g/mol. The molecule has 0 saturated heterocycles. The predicted octanol–water partition coefficient (Wildman–Crippen LogP) is 5.26. The van der Waals surface area contributed by atoms with Gasteiger partial charge in [-0.25, -0.2) is 0 Å². The Morgan fingerprint density at radius 3 is 2.32 bits per heavy atom. The average molecular weight is 456 g/mol. The number of nitrogens with zero attached hydrogens (tertiary/aromatic N) is 1. The van der Waals surface area contributed by atoms with Crippen LogP contribution in [0.2, 0.25) is 0 Å². The zero-order valence-corrected chi connectivity index (χ0v) is 19.4. The molecule has 0 fully saturated rings. The van der Waals surface area contributed by atoms with Crippen molar-refractivity contribution in [3.63, 3.8) is 0 Å². The molecule has 0 aliphatic carbocycles. The largest absolute Gasteiger partial charge is 0.377 e. The van der Waals surface area contributed by atoms with Crippen LogP contribution in [0.1, 0.15) is 66.0 Å². The lowest BCUT2D eigenvalue weighted by atomic mass is 9.75. The quantitative estimate of drug-likeness (QED) is 0.358. The molecule has 3 aromatic rings. The van der Waals surface area contributed by atoms with Crippen LogP contribution in [0, 0.1) is 0 Å². The van der Waals surface area contributed by atoms with Gasteiger partial charge in [0, 0.05) is 30.0 Å². The van der Waals surface area contributed by atoms with Crippen LogP contribution < -0.4 is 10.7 Å². The summed E-state index contributed by atoms with van der Waals surface area (Å²) in [5, 5.41) is 8.50. The number of nitrogens with one attached hydrogen (secondary N) is 2. The lowest BCUT2D eigenvalue weighted by Crippen LogP contribution is -2.38. The molecule has 2 N–H and O–H groups in total. The highest BCUT2D eigenvalue weighted by atomic mass is 16.7. The lowest BCUT2D eigenvalue weighted by molar-refractivity contribution is -0.140. The highest BCUT2D eigenvalue weighted by Crippen LogP contribution is 2.46. The van der Waals surface area contributed by atoms with Gasteiger partial charge in [-0.05, 0) is 36.6 Å². The van der Waals surface area contributed by atoms with E-state index in [1.807, 2.05) is 32.0 Å². The highest BCUT2D eigenvalue weighted by Gasteiger charge is 2.40. The zero-order valence-electron chi connectivity index (χ0n) is 19.4. The molecule has 6 nitrogen and oxygen atoms in total. The number of hydrogen-bond donors (Lipinski definition) is 2. The van der Waals surface area contributed by atoms with E-state index in [9.17, 15) is 4.79 Å². The van der Waals surface area contributed by atoms with Crippen molar-refractivity contribution in [2.75, 3.05) is 18.5 Å². The van der Waals surface area contributed by atoms with Crippen LogP contribution in [0.15, 0.2) is 77.9 Å². The number of hydrazone groups is 1. The second-order valence-electron chi connectivity index (χ2n) is 8.43. The van der Waals surface area contributed by atoms with Crippen LogP contribution in [0.5, 0.6) is 0 Å². The number of carbonyl (C=O) groups excluding carboxylic acids is 1. The van der Waals surface area contributed by atoms with Crippen LogP contribution in [-0.4, -0.2) is 25.2 Å². The first-order valence-electron chi connectivity index (χ1n) is 11.8. The molecule has 0 bridgehead atoms. The molecule has 3 aromatic carbocycles. The van der Waals surface area contributed by atoms with E-state index in [1.165, 1.54) is 5.56 Å². The molecule has 0 saturated carbocycles. The van der Waals surface area contributed by atoms with Crippen molar-refractivity contribution in [2.45, 2.75) is 38.1 Å². The molecule has 0 amide bonds. The summed E-state index contributed by atoms with van der Waals surface area (Å²) < 4.78 is 11.6. The summed E-state index contributed by atoms with van der Waals surface area (Å²) in [6, 6.07) is 24.4. The van der Waals surface area contributed by atoms with E-state index in [0.29, 0.717) is 13.2 Å². The Hall–Kier alpha value is -3.48. The number of hydrogen-bond acceptors (Lipinski definition) is 6. The number of aldehydes is 1. The van der Waals surface area contributed by atoms with Gasteiger partial charge in [0.15, 0.2) is 6.29 Å². The fourth-order valence-corrected chi connectivity index (χ4v) is 4.93. The number of rotatable bonds is 8. The second-order valence-corrected chi connectivity index (χ2v) is 8.43.